The van der Waals surface area contributed by atoms with E-state index in [1.165, 1.54) is 10.4 Å². The maximum atomic E-state index is 11.0. The van der Waals surface area contributed by atoms with Gasteiger partial charge in [-0.05, 0) is 55.3 Å². The molecule has 4 aromatic carbocycles. The van der Waals surface area contributed by atoms with Gasteiger partial charge in [0.2, 0.25) is 0 Å². The van der Waals surface area contributed by atoms with Crippen molar-refractivity contribution in [2.45, 2.75) is 79.8 Å². The van der Waals surface area contributed by atoms with Gasteiger partial charge in [-0.15, -0.1) is 0 Å². The number of rotatable bonds is 8. The number of benzene rings is 4. The molecule has 0 spiro atoms. The second kappa shape index (κ2) is 18.6. The Kier molecular flexibility index (Phi) is 16.4. The first-order valence-electron chi connectivity index (χ1n) is 16.0. The number of aromatic hydroxyl groups is 2. The first kappa shape index (κ1) is 43.0. The Morgan fingerprint density at radius 1 is 0.673 bits per heavy atom. The second-order valence-electron chi connectivity index (χ2n) is 13.5. The Morgan fingerprint density at radius 2 is 1.00 bits per heavy atom. The maximum Gasteiger partial charge on any atom is 2.00 e. The van der Waals surface area contributed by atoms with E-state index < -0.39 is 28.1 Å². The van der Waals surface area contributed by atoms with Gasteiger partial charge in [-0.25, -0.2) is 0 Å². The van der Waals surface area contributed by atoms with Crippen LogP contribution in [-0.4, -0.2) is 50.7 Å². The molecule has 0 saturated heterocycles. The van der Waals surface area contributed by atoms with E-state index in [-0.39, 0.29) is 16.8 Å². The van der Waals surface area contributed by atoms with Crippen LogP contribution in [0, 0.1) is 0 Å². The van der Waals surface area contributed by atoms with Gasteiger partial charge in [0, 0.05) is 40.9 Å². The number of aliphatic imine (C=N–C) groups is 2. The summed E-state index contributed by atoms with van der Waals surface area (Å²) in [6.45, 7) is 20.0. The zero-order valence-corrected chi connectivity index (χ0v) is 33.1. The molecular formula is C38H48CoN2O6Si2. The quantitative estimate of drug-likeness (QED) is 0.181. The van der Waals surface area contributed by atoms with Crippen LogP contribution < -0.4 is 20.6 Å². The fourth-order valence-electron chi connectivity index (χ4n) is 4.83. The number of carbonyl (C=O) groups excluding carboxylic acids is 2. The smallest absolute Gasteiger partial charge is 0.550 e. The van der Waals surface area contributed by atoms with Gasteiger partial charge >= 0.3 is 16.8 Å². The summed E-state index contributed by atoms with van der Waals surface area (Å²) in [6.07, 6.45) is 5.10. The molecule has 0 amide bonds. The van der Waals surface area contributed by atoms with Crippen LogP contribution in [0.1, 0.15) is 49.9 Å². The minimum atomic E-state index is -1.58. The fourth-order valence-corrected chi connectivity index (χ4v) is 7.23. The Morgan fingerprint density at radius 3 is 1.29 bits per heavy atom. The van der Waals surface area contributed by atoms with Crippen LogP contribution in [0.5, 0.6) is 11.5 Å². The number of aliphatic carboxylic acids is 2. The summed E-state index contributed by atoms with van der Waals surface area (Å²) in [5.41, 5.74) is 4.98. The zero-order valence-electron chi connectivity index (χ0n) is 30.1. The Labute approximate surface area is 302 Å². The number of nitrogens with zero attached hydrogens (tertiary/aromatic N) is 2. The van der Waals surface area contributed by atoms with Crippen LogP contribution in [0.2, 0.25) is 39.3 Å². The van der Waals surface area contributed by atoms with Gasteiger partial charge in [0.1, 0.15) is 11.5 Å². The van der Waals surface area contributed by atoms with E-state index >= 15 is 0 Å². The van der Waals surface area contributed by atoms with Crippen LogP contribution in [0.25, 0.3) is 10.8 Å². The number of carboxylic acids is 2. The van der Waals surface area contributed by atoms with Gasteiger partial charge in [0.25, 0.3) is 0 Å². The van der Waals surface area contributed by atoms with E-state index in [0.29, 0.717) is 11.5 Å². The number of hydrogen-bond donors (Lipinski definition) is 2. The third-order valence-corrected chi connectivity index (χ3v) is 11.5. The molecule has 8 nitrogen and oxygen atoms in total. The van der Waals surface area contributed by atoms with Gasteiger partial charge in [0.05, 0.1) is 27.5 Å². The zero-order chi connectivity index (χ0) is 36.4. The summed E-state index contributed by atoms with van der Waals surface area (Å²) in [5.74, 6) is -1.56. The Balaban J connectivity index is 0.00000120. The van der Waals surface area contributed by atoms with Crippen LogP contribution >= 0.6 is 0 Å². The van der Waals surface area contributed by atoms with E-state index in [1.54, 1.807) is 12.4 Å². The van der Waals surface area contributed by atoms with Crippen LogP contribution in [0.4, 0.5) is 11.4 Å². The number of carboxylic acid groups (broad SMARTS) is 2. The summed E-state index contributed by atoms with van der Waals surface area (Å²) in [4.78, 5) is 27.5. The molecule has 0 fully saturated rings. The summed E-state index contributed by atoms with van der Waals surface area (Å²) in [7, 11) is -3.15. The standard InChI is InChI=1S/C34H42N2O2Si2.2C2H4O2.Co/c1-9-23-17-28(39(3,4)5)19-26(33(23)37)21-35-30-15-11-13-25-14-12-16-31(32(25)30)36-22-27-20-29(40(6,7)8)18-24(10-2)34(27)38;2*1-2(3)4;/h11-22,37-38H,9-10H2,1-8H3;2*1H3,(H,3,4);/q;;;+2/p-2. The largest absolute Gasteiger partial charge is 2.00 e. The van der Waals surface area contributed by atoms with Crippen molar-refractivity contribution in [3.8, 4) is 11.5 Å². The van der Waals surface area contributed by atoms with Gasteiger partial charge in [-0.2, -0.15) is 0 Å². The van der Waals surface area contributed by atoms with Crippen LogP contribution in [-0.2, 0) is 39.2 Å². The van der Waals surface area contributed by atoms with Crippen molar-refractivity contribution >= 4 is 73.0 Å². The van der Waals surface area contributed by atoms with E-state index in [1.807, 2.05) is 24.3 Å². The minimum absolute atomic E-state index is 0. The van der Waals surface area contributed by atoms with Crippen molar-refractivity contribution in [3.63, 3.8) is 0 Å². The molecule has 0 aliphatic heterocycles. The topological polar surface area (TPSA) is 145 Å². The number of carbonyl (C=O) groups is 2. The fraction of sp³-hybridized carbons (Fsp3) is 0.316. The third-order valence-electron chi connectivity index (χ3n) is 7.48. The molecule has 2 N–H and O–H groups in total. The Hall–Kier alpha value is -4.04. The maximum absolute atomic E-state index is 11.0. The van der Waals surface area contributed by atoms with Gasteiger partial charge in [-0.1, -0.05) is 112 Å². The average Bonchev–Trinajstić information content (AvgIpc) is 2.98. The first-order valence-corrected chi connectivity index (χ1v) is 23.0. The molecule has 49 heavy (non-hydrogen) atoms. The first-order chi connectivity index (χ1) is 22.3. The van der Waals surface area contributed by atoms with Crippen molar-refractivity contribution in [1.82, 2.24) is 0 Å². The molecule has 0 heterocycles. The molecule has 4 aromatic rings. The van der Waals surface area contributed by atoms with E-state index in [2.05, 4.69) is 89.5 Å². The number of fused-ring (bicyclic) bond motifs is 1. The van der Waals surface area contributed by atoms with E-state index in [0.717, 1.165) is 71.1 Å². The number of phenolic OH excluding ortho intramolecular Hbond substituents is 2. The molecule has 0 aromatic heterocycles. The van der Waals surface area contributed by atoms with Gasteiger partial charge in [0.15, 0.2) is 0 Å². The van der Waals surface area contributed by atoms with Crippen molar-refractivity contribution in [2.24, 2.45) is 9.98 Å². The van der Waals surface area contributed by atoms with Gasteiger partial charge in [-0.3, -0.25) is 9.98 Å². The Bertz CT molecular complexity index is 1690. The molecule has 0 aliphatic rings. The molecule has 0 atom stereocenters. The number of phenols is 2. The summed E-state index contributed by atoms with van der Waals surface area (Å²) < 4.78 is 0. The minimum Gasteiger partial charge on any atom is -0.550 e. The molecule has 4 rings (SSSR count). The predicted octanol–water partition coefficient (Wildman–Crippen LogP) is 5.48. The predicted molar refractivity (Wildman–Crippen MR) is 201 cm³/mol. The van der Waals surface area contributed by atoms with Crippen molar-refractivity contribution in [3.05, 3.63) is 82.9 Å². The molecule has 0 bridgehead atoms. The molecule has 11 heteroatoms. The van der Waals surface area contributed by atoms with Gasteiger partial charge < -0.3 is 30.0 Å². The molecule has 0 aliphatic carbocycles. The van der Waals surface area contributed by atoms with E-state index in [4.69, 9.17) is 29.8 Å². The number of aryl methyl sites for hydroxylation is 2. The van der Waals surface area contributed by atoms with Crippen LogP contribution in [0.15, 0.2) is 70.6 Å². The monoisotopic (exact) mass is 743 g/mol. The van der Waals surface area contributed by atoms with Crippen molar-refractivity contribution in [2.75, 3.05) is 0 Å². The number of hydrogen-bond acceptors (Lipinski definition) is 8. The molecule has 263 valence electrons. The average molecular weight is 744 g/mol. The molecule has 0 saturated carbocycles. The second-order valence-corrected chi connectivity index (χ2v) is 23.7. The summed E-state index contributed by atoms with van der Waals surface area (Å²) in [6, 6.07) is 20.6. The summed E-state index contributed by atoms with van der Waals surface area (Å²) in [5, 5.41) is 44.3. The van der Waals surface area contributed by atoms with E-state index in [9.17, 15) is 10.2 Å². The van der Waals surface area contributed by atoms with Crippen LogP contribution in [0.3, 0.4) is 0 Å². The molecule has 1 radical (unpaired) electrons. The molecule has 0 unspecified atom stereocenters. The van der Waals surface area contributed by atoms with Crippen molar-refractivity contribution in [1.29, 1.82) is 0 Å². The van der Waals surface area contributed by atoms with Crippen molar-refractivity contribution < 1.29 is 46.8 Å². The normalized spacial score (nSPS) is 11.4. The molecular weight excluding hydrogens is 696 g/mol. The SMILES string of the molecule is CC(=O)[O-].CC(=O)[O-].CCc1cc([Si](C)(C)C)cc(C=Nc2cccc3cccc(N=Cc4cc([Si](C)(C)C)cc(CC)c4O)c23)c1O.[Co+2]. The third kappa shape index (κ3) is 12.7. The summed E-state index contributed by atoms with van der Waals surface area (Å²) >= 11 is 0.